The van der Waals surface area contributed by atoms with Gasteiger partial charge in [-0.1, -0.05) is 0 Å². The predicted molar refractivity (Wildman–Crippen MR) is 108 cm³/mol. The minimum absolute atomic E-state index is 0.158. The van der Waals surface area contributed by atoms with Crippen LogP contribution < -0.4 is 9.47 Å². The highest BCUT2D eigenvalue weighted by Gasteiger charge is 2.33. The van der Waals surface area contributed by atoms with Gasteiger partial charge in [0.15, 0.2) is 11.5 Å². The number of hydrogen-bond donors (Lipinski definition) is 0. The van der Waals surface area contributed by atoms with Crippen molar-refractivity contribution >= 4 is 31.9 Å². The second-order valence-corrected chi connectivity index (χ2v) is 9.64. The second-order valence-electron chi connectivity index (χ2n) is 6.91. The summed E-state index contributed by atoms with van der Waals surface area (Å²) >= 11 is 3.40. The number of sulfonamides is 1. The summed E-state index contributed by atoms with van der Waals surface area (Å²) < 4.78 is 44.6. The van der Waals surface area contributed by atoms with E-state index in [1.54, 1.807) is 24.8 Å². The van der Waals surface area contributed by atoms with Gasteiger partial charge in [-0.25, -0.2) is 8.42 Å². The molecule has 4 rings (SSSR count). The van der Waals surface area contributed by atoms with E-state index < -0.39 is 10.0 Å². The van der Waals surface area contributed by atoms with Gasteiger partial charge in [0.25, 0.3) is 5.91 Å². The molecule has 2 aliphatic heterocycles. The van der Waals surface area contributed by atoms with E-state index in [0.717, 1.165) is 0 Å². The number of aryl methyl sites for hydroxylation is 2. The van der Waals surface area contributed by atoms with Crippen molar-refractivity contribution in [2.45, 2.75) is 18.7 Å². The summed E-state index contributed by atoms with van der Waals surface area (Å²) in [5.74, 6) is 2.00. The number of ether oxygens (including phenoxy) is 2. The quantitative estimate of drug-likeness (QED) is 0.664. The molecule has 0 radical (unpaired) electrons. The zero-order valence-electron chi connectivity index (χ0n) is 16.1. The summed E-state index contributed by atoms with van der Waals surface area (Å²) in [6.45, 7) is 5.41. The van der Waals surface area contributed by atoms with E-state index in [1.807, 2.05) is 0 Å². The fourth-order valence-corrected chi connectivity index (χ4v) is 5.49. The van der Waals surface area contributed by atoms with Crippen LogP contribution in [-0.4, -0.2) is 62.9 Å². The molecule has 8 nitrogen and oxygen atoms in total. The van der Waals surface area contributed by atoms with E-state index in [1.165, 1.54) is 16.4 Å². The zero-order chi connectivity index (χ0) is 20.8. The minimum atomic E-state index is -3.69. The molecule has 2 aromatic rings. The Morgan fingerprint density at radius 2 is 1.66 bits per heavy atom. The Balaban J connectivity index is 1.48. The maximum atomic E-state index is 13.0. The molecule has 0 spiro atoms. The standard InChI is InChI=1S/C19H21BrN2O6S/c1-12-17(18(20)13(2)28-12)19(23)21-5-7-22(8-6-21)29(24,25)14-3-4-15-16(11-14)27-10-9-26-15/h3-4,11H,5-10H2,1-2H3. The highest BCUT2D eigenvalue weighted by atomic mass is 79.9. The lowest BCUT2D eigenvalue weighted by Gasteiger charge is -2.34. The maximum Gasteiger partial charge on any atom is 0.258 e. The molecule has 0 atom stereocenters. The van der Waals surface area contributed by atoms with Gasteiger partial charge in [0.05, 0.1) is 14.9 Å². The van der Waals surface area contributed by atoms with E-state index in [-0.39, 0.29) is 23.9 Å². The zero-order valence-corrected chi connectivity index (χ0v) is 18.5. The maximum absolute atomic E-state index is 13.0. The molecule has 1 saturated heterocycles. The number of piperazine rings is 1. The first-order chi connectivity index (χ1) is 13.8. The van der Waals surface area contributed by atoms with Crippen LogP contribution in [0.1, 0.15) is 21.9 Å². The van der Waals surface area contributed by atoms with Crippen molar-refractivity contribution in [2.75, 3.05) is 39.4 Å². The van der Waals surface area contributed by atoms with Crippen molar-refractivity contribution in [2.24, 2.45) is 0 Å². The second kappa shape index (κ2) is 7.66. The highest BCUT2D eigenvalue weighted by molar-refractivity contribution is 9.10. The molecule has 10 heteroatoms. The van der Waals surface area contributed by atoms with Gasteiger partial charge in [0.2, 0.25) is 10.0 Å². The lowest BCUT2D eigenvalue weighted by atomic mass is 10.2. The van der Waals surface area contributed by atoms with Gasteiger partial charge in [-0.05, 0) is 41.9 Å². The summed E-state index contributed by atoms with van der Waals surface area (Å²) in [7, 11) is -3.69. The fourth-order valence-electron chi connectivity index (χ4n) is 3.52. The molecule has 156 valence electrons. The monoisotopic (exact) mass is 484 g/mol. The number of carbonyl (C=O) groups excluding carboxylic acids is 1. The largest absolute Gasteiger partial charge is 0.486 e. The number of fused-ring (bicyclic) bond motifs is 1. The Kier molecular flexibility index (Phi) is 5.34. The molecule has 1 aromatic carbocycles. The fraction of sp³-hybridized carbons (Fsp3) is 0.421. The molecule has 0 saturated carbocycles. The number of hydrogen-bond acceptors (Lipinski definition) is 6. The third kappa shape index (κ3) is 3.64. The lowest BCUT2D eigenvalue weighted by molar-refractivity contribution is 0.0695. The molecule has 0 unspecified atom stereocenters. The van der Waals surface area contributed by atoms with Gasteiger partial charge < -0.3 is 18.8 Å². The van der Waals surface area contributed by atoms with Crippen molar-refractivity contribution in [1.29, 1.82) is 0 Å². The smallest absolute Gasteiger partial charge is 0.258 e. The number of benzene rings is 1. The van der Waals surface area contributed by atoms with E-state index in [9.17, 15) is 13.2 Å². The molecule has 1 fully saturated rings. The number of furan rings is 1. The molecule has 1 aromatic heterocycles. The molecular weight excluding hydrogens is 464 g/mol. The number of rotatable bonds is 3. The molecule has 1 amide bonds. The van der Waals surface area contributed by atoms with Crippen molar-refractivity contribution in [3.63, 3.8) is 0 Å². The van der Waals surface area contributed by atoms with Gasteiger partial charge >= 0.3 is 0 Å². The third-order valence-electron chi connectivity index (χ3n) is 5.08. The van der Waals surface area contributed by atoms with Crippen LogP contribution in [0.25, 0.3) is 0 Å². The van der Waals surface area contributed by atoms with Gasteiger partial charge in [0, 0.05) is 32.2 Å². The SMILES string of the molecule is Cc1oc(C)c(C(=O)N2CCN(S(=O)(=O)c3ccc4c(c3)OCCO4)CC2)c1Br. The Labute approximate surface area is 177 Å². The molecule has 0 aliphatic carbocycles. The summed E-state index contributed by atoms with van der Waals surface area (Å²) in [6, 6.07) is 4.63. The average Bonchev–Trinajstić information content (AvgIpc) is 2.98. The Morgan fingerprint density at radius 1 is 1.00 bits per heavy atom. The summed E-state index contributed by atoms with van der Waals surface area (Å²) in [5, 5.41) is 0. The van der Waals surface area contributed by atoms with E-state index in [2.05, 4.69) is 15.9 Å². The van der Waals surface area contributed by atoms with Crippen LogP contribution >= 0.6 is 15.9 Å². The Bertz CT molecular complexity index is 1060. The first-order valence-corrected chi connectivity index (χ1v) is 11.5. The van der Waals surface area contributed by atoms with Crippen molar-refractivity contribution in [1.82, 2.24) is 9.21 Å². The van der Waals surface area contributed by atoms with Crippen LogP contribution in [0.2, 0.25) is 0 Å². The number of carbonyl (C=O) groups is 1. The molecule has 0 bridgehead atoms. The topological polar surface area (TPSA) is 89.3 Å². The van der Waals surface area contributed by atoms with Crippen LogP contribution in [0.3, 0.4) is 0 Å². The van der Waals surface area contributed by atoms with E-state index in [4.69, 9.17) is 13.9 Å². The van der Waals surface area contributed by atoms with Crippen LogP contribution in [0.5, 0.6) is 11.5 Å². The first-order valence-electron chi connectivity index (χ1n) is 9.23. The van der Waals surface area contributed by atoms with Gasteiger partial charge in [-0.15, -0.1) is 0 Å². The minimum Gasteiger partial charge on any atom is -0.486 e. The molecule has 3 heterocycles. The summed E-state index contributed by atoms with van der Waals surface area (Å²) in [5.41, 5.74) is 0.491. The average molecular weight is 485 g/mol. The Hall–Kier alpha value is -2.04. The lowest BCUT2D eigenvalue weighted by Crippen LogP contribution is -2.50. The first kappa shape index (κ1) is 20.2. The van der Waals surface area contributed by atoms with Crippen LogP contribution in [-0.2, 0) is 10.0 Å². The molecule has 29 heavy (non-hydrogen) atoms. The van der Waals surface area contributed by atoms with Crippen molar-refractivity contribution < 1.29 is 27.1 Å². The number of halogens is 1. The highest BCUT2D eigenvalue weighted by Crippen LogP contribution is 2.33. The summed E-state index contributed by atoms with van der Waals surface area (Å²) in [6.07, 6.45) is 0. The van der Waals surface area contributed by atoms with Gasteiger partial charge in [-0.3, -0.25) is 4.79 Å². The van der Waals surface area contributed by atoms with E-state index >= 15 is 0 Å². The van der Waals surface area contributed by atoms with Crippen molar-refractivity contribution in [3.05, 3.63) is 39.8 Å². The Morgan fingerprint density at radius 3 is 2.28 bits per heavy atom. The van der Waals surface area contributed by atoms with Crippen molar-refractivity contribution in [3.8, 4) is 11.5 Å². The molecule has 2 aliphatic rings. The van der Waals surface area contributed by atoms with E-state index in [0.29, 0.717) is 59.4 Å². The van der Waals surface area contributed by atoms with Crippen LogP contribution in [0.15, 0.2) is 32.0 Å². The third-order valence-corrected chi connectivity index (χ3v) is 7.93. The number of amides is 1. The van der Waals surface area contributed by atoms with Crippen LogP contribution in [0.4, 0.5) is 0 Å². The molecule has 0 N–H and O–H groups in total. The molecular formula is C19H21BrN2O6S. The predicted octanol–water partition coefficient (Wildman–Crippen LogP) is 2.58. The van der Waals surface area contributed by atoms with Gasteiger partial charge in [-0.2, -0.15) is 4.31 Å². The normalized spacial score (nSPS) is 17.4. The van der Waals surface area contributed by atoms with Crippen LogP contribution in [0, 0.1) is 13.8 Å². The summed E-state index contributed by atoms with van der Waals surface area (Å²) in [4.78, 5) is 14.7. The number of nitrogens with zero attached hydrogens (tertiary/aromatic N) is 2. The van der Waals surface area contributed by atoms with Gasteiger partial charge in [0.1, 0.15) is 24.7 Å².